The maximum atomic E-state index is 13.3. The van der Waals surface area contributed by atoms with Crippen LogP contribution < -0.4 is 0 Å². The maximum Gasteiger partial charge on any atom is 0.442 e. The average molecular weight is 238 g/mol. The van der Waals surface area contributed by atoms with Gasteiger partial charge in [-0.05, 0) is 37.2 Å². The van der Waals surface area contributed by atoms with Crippen LogP contribution >= 0.6 is 0 Å². The third-order valence-electron chi connectivity index (χ3n) is 3.18. The molecule has 0 aromatic heterocycles. The quantitative estimate of drug-likeness (QED) is 0.594. The predicted molar refractivity (Wildman–Crippen MR) is 55.7 cm³/mol. The fraction of sp³-hybridized carbons (Fsp3) is 0.833. The van der Waals surface area contributed by atoms with E-state index in [1.54, 1.807) is 0 Å². The summed E-state index contributed by atoms with van der Waals surface area (Å²) in [5, 5.41) is 0. The van der Waals surface area contributed by atoms with Crippen molar-refractivity contribution < 1.29 is 17.6 Å². The molecule has 0 unspecified atom stereocenters. The second kappa shape index (κ2) is 5.69. The van der Waals surface area contributed by atoms with E-state index in [9.17, 15) is 17.6 Å². The van der Waals surface area contributed by atoms with Crippen LogP contribution in [0.15, 0.2) is 11.4 Å². The van der Waals surface area contributed by atoms with Gasteiger partial charge in [-0.2, -0.15) is 13.2 Å². The Morgan fingerprint density at radius 3 is 2.19 bits per heavy atom. The summed E-state index contributed by atoms with van der Waals surface area (Å²) in [4.78, 5) is 0. The third-order valence-corrected chi connectivity index (χ3v) is 3.18. The Kier molecular flexibility index (Phi) is 4.81. The van der Waals surface area contributed by atoms with Crippen LogP contribution in [0.25, 0.3) is 0 Å². The molecular weight excluding hydrogens is 220 g/mol. The topological polar surface area (TPSA) is 0 Å². The van der Waals surface area contributed by atoms with Crippen molar-refractivity contribution in [2.45, 2.75) is 58.0 Å². The zero-order valence-corrected chi connectivity index (χ0v) is 9.54. The molecule has 4 heteroatoms. The van der Waals surface area contributed by atoms with E-state index in [-0.39, 0.29) is 17.9 Å². The number of hydrogen-bond acceptors (Lipinski definition) is 0. The van der Waals surface area contributed by atoms with Gasteiger partial charge in [0, 0.05) is 0 Å². The molecule has 1 fully saturated rings. The lowest BCUT2D eigenvalue weighted by atomic mass is 9.92. The fourth-order valence-electron chi connectivity index (χ4n) is 2.32. The maximum absolute atomic E-state index is 13.3. The first-order chi connectivity index (χ1) is 7.46. The number of halogens is 4. The zero-order valence-electron chi connectivity index (χ0n) is 9.54. The van der Waals surface area contributed by atoms with Crippen LogP contribution in [-0.2, 0) is 0 Å². The van der Waals surface area contributed by atoms with Gasteiger partial charge in [0.2, 0.25) is 5.83 Å². The highest BCUT2D eigenvalue weighted by molar-refractivity contribution is 5.16. The van der Waals surface area contributed by atoms with Crippen molar-refractivity contribution in [2.75, 3.05) is 0 Å². The van der Waals surface area contributed by atoms with Crippen molar-refractivity contribution in [3.05, 3.63) is 11.4 Å². The highest BCUT2D eigenvalue weighted by Gasteiger charge is 2.39. The summed E-state index contributed by atoms with van der Waals surface area (Å²) >= 11 is 0. The second-order valence-electron chi connectivity index (χ2n) is 4.42. The van der Waals surface area contributed by atoms with E-state index >= 15 is 0 Å². The molecule has 0 aliphatic heterocycles. The van der Waals surface area contributed by atoms with E-state index in [0.717, 1.165) is 19.3 Å². The summed E-state index contributed by atoms with van der Waals surface area (Å²) in [5.41, 5.74) is 0.0202. The standard InChI is InChI=1S/C12H18F4/c1-2-3-8-10(9-6-4-5-7-9)11(13)12(14,15)16/h9H,2-8H2,1H3. The molecule has 1 rings (SSSR count). The van der Waals surface area contributed by atoms with E-state index in [1.807, 2.05) is 6.92 Å². The largest absolute Gasteiger partial charge is 0.442 e. The van der Waals surface area contributed by atoms with E-state index in [4.69, 9.17) is 0 Å². The Hall–Kier alpha value is -0.540. The van der Waals surface area contributed by atoms with Gasteiger partial charge in [0.1, 0.15) is 0 Å². The van der Waals surface area contributed by atoms with E-state index in [0.29, 0.717) is 19.3 Å². The SMILES string of the molecule is CCCCC(=C(F)C(F)(F)F)C1CCCC1. The van der Waals surface area contributed by atoms with Gasteiger partial charge in [-0.3, -0.25) is 0 Å². The molecule has 1 aliphatic rings. The van der Waals surface area contributed by atoms with E-state index in [1.165, 1.54) is 0 Å². The van der Waals surface area contributed by atoms with Gasteiger partial charge in [0.05, 0.1) is 0 Å². The summed E-state index contributed by atoms with van der Waals surface area (Å²) in [6, 6.07) is 0. The summed E-state index contributed by atoms with van der Waals surface area (Å²) in [5.74, 6) is -2.00. The van der Waals surface area contributed by atoms with Crippen molar-refractivity contribution in [3.8, 4) is 0 Å². The van der Waals surface area contributed by atoms with Crippen LogP contribution in [-0.4, -0.2) is 6.18 Å². The van der Waals surface area contributed by atoms with E-state index in [2.05, 4.69) is 0 Å². The molecule has 0 nitrogen and oxygen atoms in total. The number of unbranched alkanes of at least 4 members (excludes halogenated alkanes) is 1. The molecule has 1 saturated carbocycles. The molecule has 0 atom stereocenters. The summed E-state index contributed by atoms with van der Waals surface area (Å²) in [7, 11) is 0. The lowest BCUT2D eigenvalue weighted by molar-refractivity contribution is -0.110. The normalized spacial score (nSPS) is 20.1. The Morgan fingerprint density at radius 1 is 1.19 bits per heavy atom. The number of hydrogen-bond donors (Lipinski definition) is 0. The number of alkyl halides is 3. The summed E-state index contributed by atoms with van der Waals surface area (Å²) in [6.07, 6.45) is 0.150. The average Bonchev–Trinajstić information content (AvgIpc) is 2.70. The first-order valence-electron chi connectivity index (χ1n) is 5.92. The van der Waals surface area contributed by atoms with Gasteiger partial charge in [-0.15, -0.1) is 0 Å². The Labute approximate surface area is 93.7 Å². The lowest BCUT2D eigenvalue weighted by Crippen LogP contribution is -2.14. The van der Waals surface area contributed by atoms with Crippen LogP contribution in [0, 0.1) is 5.92 Å². The van der Waals surface area contributed by atoms with Crippen molar-refractivity contribution in [1.29, 1.82) is 0 Å². The lowest BCUT2D eigenvalue weighted by Gasteiger charge is -2.17. The molecule has 0 N–H and O–H groups in total. The molecular formula is C12H18F4. The predicted octanol–water partition coefficient (Wildman–Crippen LogP) is 5.15. The molecule has 94 valence electrons. The molecule has 0 heterocycles. The van der Waals surface area contributed by atoms with Crippen molar-refractivity contribution in [2.24, 2.45) is 5.92 Å². The van der Waals surface area contributed by atoms with Gasteiger partial charge in [0.25, 0.3) is 0 Å². The van der Waals surface area contributed by atoms with Crippen molar-refractivity contribution in [3.63, 3.8) is 0 Å². The molecule has 0 aromatic carbocycles. The minimum absolute atomic E-state index is 0.0202. The van der Waals surface area contributed by atoms with Crippen molar-refractivity contribution >= 4 is 0 Å². The molecule has 0 radical (unpaired) electrons. The molecule has 0 spiro atoms. The van der Waals surface area contributed by atoms with Crippen LogP contribution in [0.2, 0.25) is 0 Å². The highest BCUT2D eigenvalue weighted by atomic mass is 19.4. The molecule has 1 aliphatic carbocycles. The monoisotopic (exact) mass is 238 g/mol. The summed E-state index contributed by atoms with van der Waals surface area (Å²) in [6.45, 7) is 1.90. The van der Waals surface area contributed by atoms with Crippen LogP contribution in [0.5, 0.6) is 0 Å². The molecule has 0 amide bonds. The molecule has 0 bridgehead atoms. The minimum Gasteiger partial charge on any atom is -0.202 e. The second-order valence-corrected chi connectivity index (χ2v) is 4.42. The van der Waals surface area contributed by atoms with Crippen molar-refractivity contribution in [1.82, 2.24) is 0 Å². The van der Waals surface area contributed by atoms with E-state index < -0.39 is 12.0 Å². The number of rotatable bonds is 4. The van der Waals surface area contributed by atoms with Gasteiger partial charge in [-0.1, -0.05) is 26.2 Å². The third kappa shape index (κ3) is 3.49. The van der Waals surface area contributed by atoms with Gasteiger partial charge in [-0.25, -0.2) is 4.39 Å². The van der Waals surface area contributed by atoms with Gasteiger partial charge in [0.15, 0.2) is 0 Å². The van der Waals surface area contributed by atoms with Crippen LogP contribution in [0.3, 0.4) is 0 Å². The number of allylic oxidation sites excluding steroid dienone is 2. The first kappa shape index (κ1) is 13.5. The minimum atomic E-state index is -4.80. The Balaban J connectivity index is 2.84. The molecule has 16 heavy (non-hydrogen) atoms. The highest BCUT2D eigenvalue weighted by Crippen LogP contribution is 2.40. The van der Waals surface area contributed by atoms with Gasteiger partial charge >= 0.3 is 6.18 Å². The van der Waals surface area contributed by atoms with Gasteiger partial charge < -0.3 is 0 Å². The van der Waals surface area contributed by atoms with Crippen LogP contribution in [0.4, 0.5) is 17.6 Å². The Morgan fingerprint density at radius 2 is 1.75 bits per heavy atom. The Bertz CT molecular complexity index is 246. The first-order valence-corrected chi connectivity index (χ1v) is 5.92. The smallest absolute Gasteiger partial charge is 0.202 e. The van der Waals surface area contributed by atoms with Crippen LogP contribution in [0.1, 0.15) is 51.9 Å². The molecule has 0 saturated heterocycles. The fourth-order valence-corrected chi connectivity index (χ4v) is 2.32. The molecule has 0 aromatic rings. The zero-order chi connectivity index (χ0) is 12.2. The summed E-state index contributed by atoms with van der Waals surface area (Å²) < 4.78 is 50.3.